The van der Waals surface area contributed by atoms with Crippen LogP contribution in [-0.2, 0) is 10.0 Å². The molecular formula is C19H32N4O3S. The summed E-state index contributed by atoms with van der Waals surface area (Å²) in [6.45, 7) is 7.30. The molecule has 0 spiro atoms. The molecule has 0 aromatic heterocycles. The van der Waals surface area contributed by atoms with Gasteiger partial charge in [0.2, 0.25) is 10.0 Å². The Morgan fingerprint density at radius 1 is 1.22 bits per heavy atom. The maximum absolute atomic E-state index is 11.4. The van der Waals surface area contributed by atoms with E-state index in [1.165, 1.54) is 0 Å². The number of aliphatic imine (C=N–C) groups is 1. The number of guanidine groups is 1. The second kappa shape index (κ2) is 11.1. The topological polar surface area (TPSA) is 83.0 Å². The number of piperidine rings is 1. The number of nitrogens with one attached hydrogen (secondary N) is 2. The molecule has 0 bridgehead atoms. The molecule has 0 atom stereocenters. The molecule has 2 rings (SSSR count). The number of hydrogen-bond donors (Lipinski definition) is 2. The Morgan fingerprint density at radius 2 is 1.93 bits per heavy atom. The van der Waals surface area contributed by atoms with E-state index < -0.39 is 10.0 Å². The number of rotatable bonds is 9. The minimum Gasteiger partial charge on any atom is -0.490 e. The van der Waals surface area contributed by atoms with Crippen LogP contribution in [0.15, 0.2) is 35.3 Å². The van der Waals surface area contributed by atoms with E-state index in [1.54, 1.807) is 6.92 Å². The van der Waals surface area contributed by atoms with Gasteiger partial charge in [0.05, 0.1) is 5.75 Å². The molecule has 1 aliphatic rings. The highest BCUT2D eigenvalue weighted by Crippen LogP contribution is 2.18. The van der Waals surface area contributed by atoms with E-state index in [0.29, 0.717) is 19.5 Å². The van der Waals surface area contributed by atoms with Gasteiger partial charge in [-0.2, -0.15) is 0 Å². The van der Waals surface area contributed by atoms with Crippen LogP contribution in [0, 0.1) is 0 Å². The number of nitrogens with zero attached hydrogens (tertiary/aromatic N) is 2. The van der Waals surface area contributed by atoms with Crippen molar-refractivity contribution >= 4 is 16.0 Å². The molecule has 1 heterocycles. The van der Waals surface area contributed by atoms with Crippen molar-refractivity contribution in [3.05, 3.63) is 30.3 Å². The summed E-state index contributed by atoms with van der Waals surface area (Å²) in [4.78, 5) is 6.90. The Labute approximate surface area is 163 Å². The molecule has 2 N–H and O–H groups in total. The molecule has 0 aliphatic carbocycles. The van der Waals surface area contributed by atoms with E-state index in [0.717, 1.165) is 44.2 Å². The molecular weight excluding hydrogens is 364 g/mol. The summed E-state index contributed by atoms with van der Waals surface area (Å²) >= 11 is 0. The van der Waals surface area contributed by atoms with Gasteiger partial charge in [0.25, 0.3) is 0 Å². The van der Waals surface area contributed by atoms with Crippen LogP contribution in [0.4, 0.5) is 0 Å². The minimum atomic E-state index is -3.12. The SMILES string of the molecule is CCNC(=NCCCNS(=O)(=O)CC)N1CCC(Oc2ccccc2)CC1. The molecule has 1 aromatic carbocycles. The Balaban J connectivity index is 1.77. The van der Waals surface area contributed by atoms with E-state index in [9.17, 15) is 8.42 Å². The zero-order valence-corrected chi connectivity index (χ0v) is 17.2. The smallest absolute Gasteiger partial charge is 0.211 e. The monoisotopic (exact) mass is 396 g/mol. The molecule has 27 heavy (non-hydrogen) atoms. The number of benzene rings is 1. The zero-order chi connectivity index (χ0) is 19.5. The van der Waals surface area contributed by atoms with Gasteiger partial charge in [-0.1, -0.05) is 18.2 Å². The average Bonchev–Trinajstić information content (AvgIpc) is 2.68. The van der Waals surface area contributed by atoms with Gasteiger partial charge in [-0.15, -0.1) is 0 Å². The lowest BCUT2D eigenvalue weighted by Gasteiger charge is -2.34. The van der Waals surface area contributed by atoms with Gasteiger partial charge in [-0.25, -0.2) is 13.1 Å². The third-order valence-corrected chi connectivity index (χ3v) is 5.82. The fourth-order valence-electron chi connectivity index (χ4n) is 2.90. The van der Waals surface area contributed by atoms with Crippen LogP contribution >= 0.6 is 0 Å². The molecule has 1 aliphatic heterocycles. The fraction of sp³-hybridized carbons (Fsp3) is 0.632. The van der Waals surface area contributed by atoms with Crippen LogP contribution in [0.1, 0.15) is 33.1 Å². The number of para-hydroxylation sites is 1. The number of ether oxygens (including phenoxy) is 1. The van der Waals surface area contributed by atoms with Gasteiger partial charge in [-0.05, 0) is 32.4 Å². The predicted octanol–water partition coefficient (Wildman–Crippen LogP) is 1.82. The second-order valence-electron chi connectivity index (χ2n) is 6.50. The summed E-state index contributed by atoms with van der Waals surface area (Å²) in [5, 5.41) is 3.33. The largest absolute Gasteiger partial charge is 0.490 e. The standard InChI is InChI=1S/C19H32N4O3S/c1-3-20-19(21-13-8-14-22-27(24,25)4-2)23-15-11-18(12-16-23)26-17-9-6-5-7-10-17/h5-7,9-10,18,22H,3-4,8,11-16H2,1-2H3,(H,20,21). The van der Waals surface area contributed by atoms with Crippen LogP contribution in [0.3, 0.4) is 0 Å². The quantitative estimate of drug-likeness (QED) is 0.378. The molecule has 1 saturated heterocycles. The van der Waals surface area contributed by atoms with Crippen molar-refractivity contribution in [1.82, 2.24) is 14.9 Å². The van der Waals surface area contributed by atoms with Crippen LogP contribution < -0.4 is 14.8 Å². The second-order valence-corrected chi connectivity index (χ2v) is 8.60. The molecule has 0 amide bonds. The predicted molar refractivity (Wildman–Crippen MR) is 110 cm³/mol. The third-order valence-electron chi connectivity index (χ3n) is 4.42. The fourth-order valence-corrected chi connectivity index (χ4v) is 3.56. The van der Waals surface area contributed by atoms with Crippen molar-refractivity contribution < 1.29 is 13.2 Å². The first-order valence-electron chi connectivity index (χ1n) is 9.76. The van der Waals surface area contributed by atoms with Crippen molar-refractivity contribution in [2.75, 3.05) is 38.5 Å². The molecule has 0 radical (unpaired) electrons. The Morgan fingerprint density at radius 3 is 2.56 bits per heavy atom. The van der Waals surface area contributed by atoms with Gasteiger partial charge in [0.15, 0.2) is 5.96 Å². The molecule has 1 aromatic rings. The number of hydrogen-bond acceptors (Lipinski definition) is 4. The molecule has 152 valence electrons. The van der Waals surface area contributed by atoms with Crippen molar-refractivity contribution in [3.8, 4) is 5.75 Å². The summed E-state index contributed by atoms with van der Waals surface area (Å²) in [5.74, 6) is 1.93. The molecule has 0 saturated carbocycles. The third kappa shape index (κ3) is 7.76. The van der Waals surface area contributed by atoms with Crippen LogP contribution in [0.25, 0.3) is 0 Å². The van der Waals surface area contributed by atoms with Gasteiger partial charge < -0.3 is 15.0 Å². The summed E-state index contributed by atoms with van der Waals surface area (Å²) in [7, 11) is -3.12. The van der Waals surface area contributed by atoms with Gasteiger partial charge in [0.1, 0.15) is 11.9 Å². The van der Waals surface area contributed by atoms with E-state index in [4.69, 9.17) is 4.74 Å². The highest BCUT2D eigenvalue weighted by atomic mass is 32.2. The lowest BCUT2D eigenvalue weighted by molar-refractivity contribution is 0.129. The van der Waals surface area contributed by atoms with Crippen LogP contribution in [-0.4, -0.2) is 63.9 Å². The van der Waals surface area contributed by atoms with Gasteiger partial charge in [0, 0.05) is 45.6 Å². The first-order valence-corrected chi connectivity index (χ1v) is 11.4. The van der Waals surface area contributed by atoms with E-state index >= 15 is 0 Å². The summed E-state index contributed by atoms with van der Waals surface area (Å²) in [6.07, 6.45) is 2.82. The molecule has 7 nitrogen and oxygen atoms in total. The normalized spacial score (nSPS) is 16.4. The maximum Gasteiger partial charge on any atom is 0.211 e. The Kier molecular flexibility index (Phi) is 8.87. The maximum atomic E-state index is 11.4. The summed E-state index contributed by atoms with van der Waals surface area (Å²) in [5.41, 5.74) is 0. The highest BCUT2D eigenvalue weighted by Gasteiger charge is 2.22. The Hall–Kier alpha value is -1.80. The lowest BCUT2D eigenvalue weighted by atomic mass is 10.1. The number of likely N-dealkylation sites (tertiary alicyclic amines) is 1. The average molecular weight is 397 g/mol. The highest BCUT2D eigenvalue weighted by molar-refractivity contribution is 7.89. The number of sulfonamides is 1. The molecule has 8 heteroatoms. The summed E-state index contributed by atoms with van der Waals surface area (Å²) in [6, 6.07) is 9.94. The minimum absolute atomic E-state index is 0.110. The van der Waals surface area contributed by atoms with Crippen molar-refractivity contribution in [2.45, 2.75) is 39.2 Å². The van der Waals surface area contributed by atoms with Crippen molar-refractivity contribution in [3.63, 3.8) is 0 Å². The van der Waals surface area contributed by atoms with Gasteiger partial charge in [-0.3, -0.25) is 4.99 Å². The van der Waals surface area contributed by atoms with Crippen LogP contribution in [0.2, 0.25) is 0 Å². The van der Waals surface area contributed by atoms with E-state index in [-0.39, 0.29) is 11.9 Å². The Bertz CT molecular complexity index is 671. The van der Waals surface area contributed by atoms with Crippen molar-refractivity contribution in [2.24, 2.45) is 4.99 Å². The van der Waals surface area contributed by atoms with Crippen LogP contribution in [0.5, 0.6) is 5.75 Å². The first kappa shape index (κ1) is 21.5. The lowest BCUT2D eigenvalue weighted by Crippen LogP contribution is -2.47. The molecule has 1 fully saturated rings. The van der Waals surface area contributed by atoms with E-state index in [2.05, 4.69) is 26.9 Å². The van der Waals surface area contributed by atoms with E-state index in [1.807, 2.05) is 30.3 Å². The molecule has 0 unspecified atom stereocenters. The van der Waals surface area contributed by atoms with Crippen molar-refractivity contribution in [1.29, 1.82) is 0 Å². The zero-order valence-electron chi connectivity index (χ0n) is 16.4. The first-order chi connectivity index (χ1) is 13.0. The van der Waals surface area contributed by atoms with Gasteiger partial charge >= 0.3 is 0 Å². The summed E-state index contributed by atoms with van der Waals surface area (Å²) < 4.78 is 31.5.